The molecular formula is C10H12ClN5O2S. The van der Waals surface area contributed by atoms with Crippen molar-refractivity contribution < 1.29 is 8.42 Å². The Bertz CT molecular complexity index is 680. The van der Waals surface area contributed by atoms with Crippen LogP contribution in [0.5, 0.6) is 0 Å². The van der Waals surface area contributed by atoms with Crippen molar-refractivity contribution in [3.8, 4) is 0 Å². The first-order valence-electron chi connectivity index (χ1n) is 5.46. The van der Waals surface area contributed by atoms with E-state index in [9.17, 15) is 8.42 Å². The molecule has 2 aromatic heterocycles. The van der Waals surface area contributed by atoms with Gasteiger partial charge in [-0.1, -0.05) is 11.6 Å². The third kappa shape index (κ3) is 3.02. The van der Waals surface area contributed by atoms with Gasteiger partial charge >= 0.3 is 0 Å². The van der Waals surface area contributed by atoms with Crippen LogP contribution < -0.4 is 4.72 Å². The van der Waals surface area contributed by atoms with E-state index in [4.69, 9.17) is 11.6 Å². The molecule has 0 saturated carbocycles. The molecule has 0 fully saturated rings. The number of aromatic nitrogens is 4. The molecule has 0 aliphatic carbocycles. The van der Waals surface area contributed by atoms with Crippen LogP contribution in [0, 0.1) is 6.92 Å². The molecule has 0 aliphatic heterocycles. The monoisotopic (exact) mass is 301 g/mol. The number of anilines is 1. The largest absolute Gasteiger partial charge is 0.334 e. The molecule has 0 atom stereocenters. The maximum Gasteiger partial charge on any atom is 0.282 e. The fraction of sp³-hybridized carbons (Fsp3) is 0.300. The van der Waals surface area contributed by atoms with Crippen LogP contribution in [0.15, 0.2) is 23.6 Å². The minimum atomic E-state index is -3.77. The topological polar surface area (TPSA) is 89.8 Å². The Balaban J connectivity index is 2.29. The molecule has 9 heteroatoms. The molecule has 2 aromatic rings. The second-order valence-corrected chi connectivity index (χ2v) is 5.76. The van der Waals surface area contributed by atoms with E-state index in [1.54, 1.807) is 11.5 Å². The summed E-state index contributed by atoms with van der Waals surface area (Å²) in [6.07, 6.45) is 3.97. The number of imidazole rings is 1. The minimum absolute atomic E-state index is 0.0522. The van der Waals surface area contributed by atoms with Gasteiger partial charge in [-0.25, -0.2) is 15.0 Å². The van der Waals surface area contributed by atoms with E-state index >= 15 is 0 Å². The maximum atomic E-state index is 12.1. The van der Waals surface area contributed by atoms with Gasteiger partial charge in [-0.2, -0.15) is 8.42 Å². The van der Waals surface area contributed by atoms with Gasteiger partial charge in [0.05, 0.1) is 12.4 Å². The van der Waals surface area contributed by atoms with Crippen molar-refractivity contribution >= 4 is 27.4 Å². The number of hydrogen-bond donors (Lipinski definition) is 1. The van der Waals surface area contributed by atoms with Crippen molar-refractivity contribution in [2.75, 3.05) is 4.72 Å². The molecule has 19 heavy (non-hydrogen) atoms. The summed E-state index contributed by atoms with van der Waals surface area (Å²) in [6, 6.07) is 0. The second kappa shape index (κ2) is 5.14. The Morgan fingerprint density at radius 3 is 2.63 bits per heavy atom. The molecular weight excluding hydrogens is 290 g/mol. The highest BCUT2D eigenvalue weighted by Gasteiger charge is 2.19. The average molecular weight is 302 g/mol. The summed E-state index contributed by atoms with van der Waals surface area (Å²) in [5, 5.41) is 0.137. The van der Waals surface area contributed by atoms with Gasteiger partial charge in [-0.15, -0.1) is 0 Å². The van der Waals surface area contributed by atoms with Crippen molar-refractivity contribution in [3.05, 3.63) is 29.6 Å². The first kappa shape index (κ1) is 13.8. The van der Waals surface area contributed by atoms with Crippen LogP contribution in [0.1, 0.15) is 12.7 Å². The lowest BCUT2D eigenvalue weighted by molar-refractivity contribution is 0.597. The molecule has 2 rings (SSSR count). The van der Waals surface area contributed by atoms with Gasteiger partial charge in [-0.3, -0.25) is 4.72 Å². The zero-order chi connectivity index (χ0) is 14.0. The number of rotatable bonds is 4. The molecule has 0 saturated heterocycles. The third-order valence-electron chi connectivity index (χ3n) is 2.43. The Kier molecular flexibility index (Phi) is 3.72. The lowest BCUT2D eigenvalue weighted by atomic mass is 10.6. The van der Waals surface area contributed by atoms with Crippen molar-refractivity contribution in [3.63, 3.8) is 0 Å². The van der Waals surface area contributed by atoms with Crippen LogP contribution in [0.4, 0.5) is 5.82 Å². The van der Waals surface area contributed by atoms with Gasteiger partial charge in [-0.05, 0) is 13.8 Å². The summed E-state index contributed by atoms with van der Waals surface area (Å²) in [5.74, 6) is 0.721. The van der Waals surface area contributed by atoms with Crippen molar-refractivity contribution in [2.45, 2.75) is 25.4 Å². The van der Waals surface area contributed by atoms with Gasteiger partial charge in [0.25, 0.3) is 10.0 Å². The number of nitrogens with zero attached hydrogens (tertiary/aromatic N) is 4. The highest BCUT2D eigenvalue weighted by atomic mass is 35.5. The summed E-state index contributed by atoms with van der Waals surface area (Å²) in [6.45, 7) is 4.29. The van der Waals surface area contributed by atoms with Crippen LogP contribution in [0.25, 0.3) is 0 Å². The van der Waals surface area contributed by atoms with Gasteiger partial charge in [0.2, 0.25) is 0 Å². The van der Waals surface area contributed by atoms with Crippen molar-refractivity contribution in [1.29, 1.82) is 0 Å². The zero-order valence-electron chi connectivity index (χ0n) is 10.3. The average Bonchev–Trinajstić information content (AvgIpc) is 2.74. The van der Waals surface area contributed by atoms with Crippen LogP contribution in [-0.4, -0.2) is 27.9 Å². The fourth-order valence-electron chi connectivity index (χ4n) is 1.48. The molecule has 0 unspecified atom stereocenters. The van der Waals surface area contributed by atoms with Crippen LogP contribution in [0.2, 0.25) is 5.15 Å². The van der Waals surface area contributed by atoms with E-state index in [-0.39, 0.29) is 16.0 Å². The van der Waals surface area contributed by atoms with Gasteiger partial charge in [0.1, 0.15) is 11.0 Å². The number of hydrogen-bond acceptors (Lipinski definition) is 5. The first-order chi connectivity index (χ1) is 8.92. The molecule has 0 aliphatic rings. The summed E-state index contributed by atoms with van der Waals surface area (Å²) in [5.41, 5.74) is 0. The molecule has 7 nitrogen and oxygen atoms in total. The summed E-state index contributed by atoms with van der Waals surface area (Å²) >= 11 is 5.58. The minimum Gasteiger partial charge on any atom is -0.334 e. The molecule has 0 bridgehead atoms. The molecule has 1 N–H and O–H groups in total. The second-order valence-electron chi connectivity index (χ2n) is 3.74. The Morgan fingerprint density at radius 1 is 1.37 bits per heavy atom. The predicted molar refractivity (Wildman–Crippen MR) is 70.5 cm³/mol. The highest BCUT2D eigenvalue weighted by molar-refractivity contribution is 7.92. The number of aryl methyl sites for hydroxylation is 2. The smallest absolute Gasteiger partial charge is 0.282 e. The Hall–Kier alpha value is -1.67. The van der Waals surface area contributed by atoms with Gasteiger partial charge in [0, 0.05) is 12.7 Å². The predicted octanol–water partition coefficient (Wildman–Crippen LogP) is 1.46. The first-order valence-corrected chi connectivity index (χ1v) is 7.32. The standard InChI is InChI=1S/C10H12ClN5O2S/c1-3-16-6-10(14-7(16)2)19(17,18)15-9-5-12-8(11)4-13-9/h4-6H,3H2,1-2H3,(H,13,15). The summed E-state index contributed by atoms with van der Waals surface area (Å²) in [4.78, 5) is 11.6. The Morgan fingerprint density at radius 2 is 2.11 bits per heavy atom. The quantitative estimate of drug-likeness (QED) is 0.923. The van der Waals surface area contributed by atoms with Crippen LogP contribution in [0.3, 0.4) is 0 Å². The molecule has 0 aromatic carbocycles. The van der Waals surface area contributed by atoms with Crippen molar-refractivity contribution in [1.82, 2.24) is 19.5 Å². The van der Waals surface area contributed by atoms with E-state index < -0.39 is 10.0 Å². The maximum absolute atomic E-state index is 12.1. The van der Waals surface area contributed by atoms with E-state index in [0.717, 1.165) is 0 Å². The molecule has 102 valence electrons. The zero-order valence-corrected chi connectivity index (χ0v) is 11.9. The summed E-state index contributed by atoms with van der Waals surface area (Å²) < 4.78 is 28.2. The number of halogens is 1. The third-order valence-corrected chi connectivity index (χ3v) is 3.85. The molecule has 2 heterocycles. The van der Waals surface area contributed by atoms with Crippen LogP contribution in [-0.2, 0) is 16.6 Å². The number of sulfonamides is 1. The fourth-order valence-corrected chi connectivity index (χ4v) is 2.59. The molecule has 0 amide bonds. The molecule has 0 radical (unpaired) electrons. The lowest BCUT2D eigenvalue weighted by Crippen LogP contribution is -2.14. The summed E-state index contributed by atoms with van der Waals surface area (Å²) in [7, 11) is -3.77. The Labute approximate surface area is 115 Å². The van der Waals surface area contributed by atoms with E-state index in [2.05, 4.69) is 19.7 Å². The van der Waals surface area contributed by atoms with Gasteiger partial charge < -0.3 is 4.57 Å². The van der Waals surface area contributed by atoms with E-state index in [1.807, 2.05) is 6.92 Å². The normalized spacial score (nSPS) is 11.5. The molecule has 0 spiro atoms. The van der Waals surface area contributed by atoms with E-state index in [0.29, 0.717) is 12.4 Å². The van der Waals surface area contributed by atoms with Gasteiger partial charge in [0.15, 0.2) is 10.8 Å². The van der Waals surface area contributed by atoms with Crippen LogP contribution >= 0.6 is 11.6 Å². The lowest BCUT2D eigenvalue weighted by Gasteiger charge is -2.03. The number of nitrogens with one attached hydrogen (secondary N) is 1. The SMILES string of the molecule is CCn1cc(S(=O)(=O)Nc2cnc(Cl)cn2)nc1C. The highest BCUT2D eigenvalue weighted by Crippen LogP contribution is 2.14. The van der Waals surface area contributed by atoms with Crippen molar-refractivity contribution in [2.24, 2.45) is 0 Å². The van der Waals surface area contributed by atoms with E-state index in [1.165, 1.54) is 18.6 Å².